The van der Waals surface area contributed by atoms with Crippen molar-refractivity contribution < 1.29 is 31.5 Å². The van der Waals surface area contributed by atoms with Crippen LogP contribution in [-0.4, -0.2) is 53.0 Å². The predicted octanol–water partition coefficient (Wildman–Crippen LogP) is 3.72. The van der Waals surface area contributed by atoms with Crippen molar-refractivity contribution in [2.45, 2.75) is 30.2 Å². The molecule has 6 nitrogen and oxygen atoms in total. The molecule has 32 heavy (non-hydrogen) atoms. The summed E-state index contributed by atoms with van der Waals surface area (Å²) in [5, 5.41) is 0.778. The molecule has 4 rings (SSSR count). The van der Waals surface area contributed by atoms with Gasteiger partial charge in [0.1, 0.15) is 29.2 Å². The van der Waals surface area contributed by atoms with Crippen molar-refractivity contribution in [2.75, 3.05) is 18.5 Å². The quantitative estimate of drug-likeness (QED) is 0.536. The smallest absolute Gasteiger partial charge is 0.335 e. The largest absolute Gasteiger partial charge is 0.417 e. The van der Waals surface area contributed by atoms with Crippen molar-refractivity contribution >= 4 is 35.4 Å². The van der Waals surface area contributed by atoms with Gasteiger partial charge in [0.05, 0.1) is 17.0 Å². The van der Waals surface area contributed by atoms with E-state index in [0.29, 0.717) is 6.07 Å². The summed E-state index contributed by atoms with van der Waals surface area (Å²) in [6, 6.07) is -1.42. The van der Waals surface area contributed by atoms with Crippen molar-refractivity contribution in [3.05, 3.63) is 52.6 Å². The molecule has 1 saturated heterocycles. The van der Waals surface area contributed by atoms with Gasteiger partial charge in [-0.3, -0.25) is 9.69 Å². The van der Waals surface area contributed by atoms with Crippen LogP contribution in [0, 0.1) is 0 Å². The van der Waals surface area contributed by atoms with Gasteiger partial charge >= 0.3 is 12.2 Å². The van der Waals surface area contributed by atoms with E-state index >= 15 is 0 Å². The lowest BCUT2D eigenvalue weighted by atomic mass is 10.1. The van der Waals surface area contributed by atoms with E-state index in [1.807, 2.05) is 0 Å². The number of anilines is 1. The van der Waals surface area contributed by atoms with E-state index in [4.69, 9.17) is 11.6 Å². The fourth-order valence-corrected chi connectivity index (χ4v) is 4.00. The summed E-state index contributed by atoms with van der Waals surface area (Å²) < 4.78 is 68.8. The number of amides is 3. The molecule has 0 saturated carbocycles. The van der Waals surface area contributed by atoms with Crippen LogP contribution in [0.2, 0.25) is 0 Å². The Bertz CT molecular complexity index is 1080. The number of aromatic nitrogens is 1. The minimum atomic E-state index is -4.71. The van der Waals surface area contributed by atoms with Gasteiger partial charge in [-0.05, 0) is 18.2 Å². The highest BCUT2D eigenvalue weighted by molar-refractivity contribution is 6.23. The van der Waals surface area contributed by atoms with Gasteiger partial charge in [-0.15, -0.1) is 11.6 Å². The standard InChI is InChI=1S/C20H16ClF5N4O2/c1-29(13-6-5-11(22)16(21)17(13)23)18(31)14-8-27-19(32)30(14)15-7-10(20(24,25)26)9-3-2-4-12(9)28-15/h2-3,5-7,11,14,16H,4,8H2,1H3,(H,27,32)/t11?,14-,16?/m1/s1. The molecule has 1 aromatic rings. The number of alkyl halides is 5. The average molecular weight is 475 g/mol. The number of rotatable bonds is 3. The highest BCUT2D eigenvalue weighted by Gasteiger charge is 2.43. The molecular formula is C20H16ClF5N4O2. The molecule has 3 amide bonds. The second-order valence-corrected chi connectivity index (χ2v) is 7.87. The molecule has 1 fully saturated rings. The highest BCUT2D eigenvalue weighted by Crippen LogP contribution is 2.38. The lowest BCUT2D eigenvalue weighted by Crippen LogP contribution is -2.47. The topological polar surface area (TPSA) is 65.5 Å². The van der Waals surface area contributed by atoms with Crippen LogP contribution in [0.5, 0.6) is 0 Å². The van der Waals surface area contributed by atoms with Crippen LogP contribution < -0.4 is 10.2 Å². The average Bonchev–Trinajstić information content (AvgIpc) is 3.35. The molecule has 1 N–H and O–H groups in total. The summed E-state index contributed by atoms with van der Waals surface area (Å²) in [5.41, 5.74) is -1.25. The molecule has 2 unspecified atom stereocenters. The highest BCUT2D eigenvalue weighted by atomic mass is 35.5. The van der Waals surface area contributed by atoms with E-state index < -0.39 is 47.1 Å². The molecule has 1 aromatic heterocycles. The third-order valence-electron chi connectivity index (χ3n) is 5.43. The first-order valence-electron chi connectivity index (χ1n) is 9.49. The molecule has 0 spiro atoms. The Morgan fingerprint density at radius 1 is 1.34 bits per heavy atom. The Hall–Kier alpha value is -2.95. The van der Waals surface area contributed by atoms with Crippen LogP contribution in [0.15, 0.2) is 35.8 Å². The Balaban J connectivity index is 1.70. The number of fused-ring (bicyclic) bond motifs is 1. The zero-order chi connectivity index (χ0) is 23.4. The molecule has 3 aliphatic rings. The monoisotopic (exact) mass is 474 g/mol. The SMILES string of the molecule is CN(C(=O)[C@H]1CNC(=O)N1c1cc(C(F)(F)F)c2c(n1)CC=C2)C1=C(F)C(Cl)C(F)C=C1. The van der Waals surface area contributed by atoms with E-state index in [2.05, 4.69) is 10.3 Å². The van der Waals surface area contributed by atoms with Gasteiger partial charge in [0.2, 0.25) is 0 Å². The molecule has 1 aliphatic heterocycles. The number of allylic oxidation sites excluding steroid dienone is 4. The molecule has 0 radical (unpaired) electrons. The van der Waals surface area contributed by atoms with Crippen LogP contribution in [0.4, 0.5) is 32.6 Å². The summed E-state index contributed by atoms with van der Waals surface area (Å²) in [6.45, 7) is -0.241. The van der Waals surface area contributed by atoms with Gasteiger partial charge in [-0.1, -0.05) is 12.2 Å². The second-order valence-electron chi connectivity index (χ2n) is 7.40. The van der Waals surface area contributed by atoms with E-state index in [1.165, 1.54) is 19.2 Å². The minimum absolute atomic E-state index is 0.0886. The number of likely N-dealkylation sites (N-methyl/N-ethyl adjacent to an activating group) is 1. The molecular weight excluding hydrogens is 459 g/mol. The van der Waals surface area contributed by atoms with Crippen molar-refractivity contribution in [1.29, 1.82) is 0 Å². The number of carbonyl (C=O) groups is 2. The fourth-order valence-electron chi connectivity index (χ4n) is 3.80. The third-order valence-corrected chi connectivity index (χ3v) is 5.86. The summed E-state index contributed by atoms with van der Waals surface area (Å²) in [7, 11) is 1.20. The molecule has 12 heteroatoms. The molecule has 0 aromatic carbocycles. The van der Waals surface area contributed by atoms with E-state index in [9.17, 15) is 31.5 Å². The zero-order valence-corrected chi connectivity index (χ0v) is 17.2. The minimum Gasteiger partial charge on any atom is -0.335 e. The predicted molar refractivity (Wildman–Crippen MR) is 106 cm³/mol. The summed E-state index contributed by atoms with van der Waals surface area (Å²) in [6.07, 6.45) is -1.48. The first-order chi connectivity index (χ1) is 15.0. The maximum Gasteiger partial charge on any atom is 0.417 e. The summed E-state index contributed by atoms with van der Waals surface area (Å²) in [5.74, 6) is -2.23. The van der Waals surface area contributed by atoms with Crippen molar-refractivity contribution in [3.63, 3.8) is 0 Å². The molecule has 0 bridgehead atoms. The van der Waals surface area contributed by atoms with Gasteiger partial charge in [-0.25, -0.2) is 18.6 Å². The Morgan fingerprint density at radius 3 is 2.75 bits per heavy atom. The maximum absolute atomic E-state index is 14.4. The van der Waals surface area contributed by atoms with E-state index in [-0.39, 0.29) is 35.7 Å². The van der Waals surface area contributed by atoms with Crippen LogP contribution >= 0.6 is 11.6 Å². The lowest BCUT2D eigenvalue weighted by molar-refractivity contribution is -0.137. The molecule has 2 aliphatic carbocycles. The van der Waals surface area contributed by atoms with Gasteiger partial charge in [0.25, 0.3) is 5.91 Å². The Labute approximate surface area is 184 Å². The normalized spacial score (nSPS) is 24.8. The lowest BCUT2D eigenvalue weighted by Gasteiger charge is -2.29. The number of nitrogens with one attached hydrogen (secondary N) is 1. The number of pyridine rings is 1. The molecule has 2 heterocycles. The first-order valence-corrected chi connectivity index (χ1v) is 9.92. The zero-order valence-electron chi connectivity index (χ0n) is 16.5. The van der Waals surface area contributed by atoms with Crippen molar-refractivity contribution in [3.8, 4) is 0 Å². The number of carbonyl (C=O) groups excluding carboxylic acids is 2. The van der Waals surface area contributed by atoms with Gasteiger partial charge in [0.15, 0.2) is 0 Å². The van der Waals surface area contributed by atoms with Crippen LogP contribution in [-0.2, 0) is 17.4 Å². The second kappa shape index (κ2) is 7.88. The van der Waals surface area contributed by atoms with Crippen LogP contribution in [0.3, 0.4) is 0 Å². The Morgan fingerprint density at radius 2 is 2.06 bits per heavy atom. The first kappa shape index (κ1) is 22.3. The summed E-state index contributed by atoms with van der Waals surface area (Å²) >= 11 is 5.69. The van der Waals surface area contributed by atoms with E-state index in [1.54, 1.807) is 0 Å². The number of hydrogen-bond acceptors (Lipinski definition) is 3. The molecule has 170 valence electrons. The summed E-state index contributed by atoms with van der Waals surface area (Å²) in [4.78, 5) is 31.4. The molecule has 3 atom stereocenters. The maximum atomic E-state index is 14.4. The number of hydrogen-bond donors (Lipinski definition) is 1. The Kier molecular flexibility index (Phi) is 5.48. The fraction of sp³-hybridized carbons (Fsp3) is 0.350. The number of halogens is 6. The van der Waals surface area contributed by atoms with Gasteiger partial charge in [0, 0.05) is 25.6 Å². The van der Waals surface area contributed by atoms with Crippen molar-refractivity contribution in [1.82, 2.24) is 15.2 Å². The van der Waals surface area contributed by atoms with Gasteiger partial charge < -0.3 is 10.2 Å². The third kappa shape index (κ3) is 3.64. The van der Waals surface area contributed by atoms with E-state index in [0.717, 1.165) is 22.0 Å². The van der Waals surface area contributed by atoms with Crippen LogP contribution in [0.25, 0.3) is 6.08 Å². The number of nitrogens with zero attached hydrogens (tertiary/aromatic N) is 3. The number of urea groups is 1. The van der Waals surface area contributed by atoms with Crippen LogP contribution in [0.1, 0.15) is 16.8 Å². The van der Waals surface area contributed by atoms with Crippen molar-refractivity contribution in [2.24, 2.45) is 0 Å². The van der Waals surface area contributed by atoms with Gasteiger partial charge in [-0.2, -0.15) is 13.2 Å².